The van der Waals surface area contributed by atoms with Gasteiger partial charge in [-0.3, -0.25) is 14.3 Å². The molecule has 102 valence electrons. The molecule has 0 saturated heterocycles. The molecule has 0 aliphatic heterocycles. The van der Waals surface area contributed by atoms with Crippen molar-refractivity contribution in [2.24, 2.45) is 5.92 Å². The lowest BCUT2D eigenvalue weighted by Crippen LogP contribution is -2.38. The third-order valence-electron chi connectivity index (χ3n) is 2.89. The van der Waals surface area contributed by atoms with Crippen LogP contribution in [0.5, 0.6) is 0 Å². The summed E-state index contributed by atoms with van der Waals surface area (Å²) in [6, 6.07) is -0.295. The van der Waals surface area contributed by atoms with E-state index in [9.17, 15) is 14.7 Å². The topological polar surface area (TPSA) is 113 Å². The molecule has 1 rings (SSSR count). The number of aliphatic hydroxyl groups is 1. The first-order chi connectivity index (χ1) is 8.42. The zero-order valence-corrected chi connectivity index (χ0v) is 10.9. The first-order valence-corrected chi connectivity index (χ1v) is 5.92. The maximum Gasteiger partial charge on any atom is 0.330 e. The molecule has 1 heterocycles. The third kappa shape index (κ3) is 2.73. The van der Waals surface area contributed by atoms with Gasteiger partial charge in [0.05, 0.1) is 12.6 Å². The van der Waals surface area contributed by atoms with E-state index in [0.717, 1.165) is 0 Å². The van der Waals surface area contributed by atoms with E-state index < -0.39 is 11.2 Å². The summed E-state index contributed by atoms with van der Waals surface area (Å²) in [5, 5.41) is 12.1. The van der Waals surface area contributed by atoms with Gasteiger partial charge in [-0.25, -0.2) is 4.79 Å². The summed E-state index contributed by atoms with van der Waals surface area (Å²) < 4.78 is 1.26. The van der Waals surface area contributed by atoms with Crippen LogP contribution in [0, 0.1) is 5.92 Å². The molecule has 0 aliphatic rings. The molecule has 0 spiro atoms. The van der Waals surface area contributed by atoms with Gasteiger partial charge in [0, 0.05) is 6.54 Å². The van der Waals surface area contributed by atoms with E-state index in [1.165, 1.54) is 4.57 Å². The first kappa shape index (κ1) is 14.3. The molecule has 1 atom stereocenters. The molecule has 7 heteroatoms. The minimum atomic E-state index is -0.568. The molecule has 0 aliphatic carbocycles. The van der Waals surface area contributed by atoms with Gasteiger partial charge >= 0.3 is 5.69 Å². The molecule has 1 unspecified atom stereocenters. The molecular formula is C11H20N4O3. The van der Waals surface area contributed by atoms with Crippen molar-refractivity contribution in [1.82, 2.24) is 9.55 Å². The summed E-state index contributed by atoms with van der Waals surface area (Å²) in [4.78, 5) is 25.4. The average molecular weight is 256 g/mol. The Balaban J connectivity index is 3.25. The predicted molar refractivity (Wildman–Crippen MR) is 70.7 cm³/mol. The Hall–Kier alpha value is -1.76. The third-order valence-corrected chi connectivity index (χ3v) is 2.89. The Kier molecular flexibility index (Phi) is 4.55. The van der Waals surface area contributed by atoms with Gasteiger partial charge < -0.3 is 16.2 Å². The molecule has 0 bridgehead atoms. The van der Waals surface area contributed by atoms with E-state index in [1.54, 1.807) is 6.92 Å². The molecule has 7 nitrogen and oxygen atoms in total. The summed E-state index contributed by atoms with van der Waals surface area (Å²) in [5.74, 6) is 0.209. The van der Waals surface area contributed by atoms with Crippen molar-refractivity contribution in [1.29, 1.82) is 0 Å². The number of rotatable bonds is 5. The van der Waals surface area contributed by atoms with E-state index in [4.69, 9.17) is 5.73 Å². The van der Waals surface area contributed by atoms with Crippen LogP contribution in [0.3, 0.4) is 0 Å². The minimum absolute atomic E-state index is 0.0883. The number of H-pyrrole nitrogens is 1. The fraction of sp³-hybridized carbons (Fsp3) is 0.636. The number of nitrogens with zero attached hydrogens (tertiary/aromatic N) is 1. The fourth-order valence-corrected chi connectivity index (χ4v) is 1.65. The molecule has 0 fully saturated rings. The summed E-state index contributed by atoms with van der Waals surface area (Å²) in [6.45, 7) is 5.82. The van der Waals surface area contributed by atoms with Gasteiger partial charge in [-0.05, 0) is 12.8 Å². The van der Waals surface area contributed by atoms with Crippen molar-refractivity contribution in [3.63, 3.8) is 0 Å². The lowest BCUT2D eigenvalue weighted by atomic mass is 10.1. The van der Waals surface area contributed by atoms with Crippen LogP contribution >= 0.6 is 0 Å². The van der Waals surface area contributed by atoms with Gasteiger partial charge in [-0.15, -0.1) is 0 Å². The van der Waals surface area contributed by atoms with Gasteiger partial charge in [0.25, 0.3) is 5.56 Å². The Labute approximate surface area is 105 Å². The van der Waals surface area contributed by atoms with Crippen molar-refractivity contribution < 1.29 is 5.11 Å². The first-order valence-electron chi connectivity index (χ1n) is 5.92. The van der Waals surface area contributed by atoms with Crippen LogP contribution in [0.15, 0.2) is 9.59 Å². The fourth-order valence-electron chi connectivity index (χ4n) is 1.65. The number of aromatic nitrogens is 2. The minimum Gasteiger partial charge on any atom is -0.394 e. The van der Waals surface area contributed by atoms with E-state index in [0.29, 0.717) is 6.54 Å². The number of anilines is 2. The van der Waals surface area contributed by atoms with Crippen LogP contribution in [-0.2, 0) is 6.54 Å². The van der Waals surface area contributed by atoms with Crippen molar-refractivity contribution in [3.05, 3.63) is 20.8 Å². The number of nitrogens with one attached hydrogen (secondary N) is 2. The quantitative estimate of drug-likeness (QED) is 0.571. The number of nitrogen functional groups attached to an aromatic ring is 1. The lowest BCUT2D eigenvalue weighted by Gasteiger charge is -2.22. The molecule has 18 heavy (non-hydrogen) atoms. The number of hydrogen-bond acceptors (Lipinski definition) is 5. The van der Waals surface area contributed by atoms with Crippen molar-refractivity contribution in [2.45, 2.75) is 33.4 Å². The highest BCUT2D eigenvalue weighted by Gasteiger charge is 2.17. The predicted octanol–water partition coefficient (Wildman–Crippen LogP) is -0.432. The highest BCUT2D eigenvalue weighted by Crippen LogP contribution is 2.14. The van der Waals surface area contributed by atoms with E-state index in [-0.39, 0.29) is 30.1 Å². The smallest absolute Gasteiger partial charge is 0.330 e. The number of aliphatic hydroxyl groups excluding tert-OH is 1. The van der Waals surface area contributed by atoms with Crippen LogP contribution in [0.2, 0.25) is 0 Å². The van der Waals surface area contributed by atoms with Crippen molar-refractivity contribution >= 4 is 11.5 Å². The van der Waals surface area contributed by atoms with Gasteiger partial charge in [0.2, 0.25) is 0 Å². The van der Waals surface area contributed by atoms with Gasteiger partial charge in [0.1, 0.15) is 11.5 Å². The number of hydrogen-bond donors (Lipinski definition) is 4. The Morgan fingerprint density at radius 3 is 2.50 bits per heavy atom. The lowest BCUT2D eigenvalue weighted by molar-refractivity contribution is 0.249. The second kappa shape index (κ2) is 5.72. The Bertz CT molecular complexity index is 518. The molecule has 0 amide bonds. The SMILES string of the molecule is CCn1c(N)c(NC(CO)C(C)C)c(=O)[nH]c1=O. The van der Waals surface area contributed by atoms with Gasteiger partial charge in [-0.1, -0.05) is 13.8 Å². The van der Waals surface area contributed by atoms with E-state index in [2.05, 4.69) is 10.3 Å². The second-order valence-electron chi connectivity index (χ2n) is 4.44. The molecule has 0 aromatic carbocycles. The monoisotopic (exact) mass is 256 g/mol. The van der Waals surface area contributed by atoms with Crippen LogP contribution in [0.1, 0.15) is 20.8 Å². The summed E-state index contributed by atoms with van der Waals surface area (Å²) in [6.07, 6.45) is 0. The van der Waals surface area contributed by atoms with Gasteiger partial charge in [0.15, 0.2) is 0 Å². The van der Waals surface area contributed by atoms with Gasteiger partial charge in [-0.2, -0.15) is 0 Å². The molecule has 0 radical (unpaired) electrons. The summed E-state index contributed by atoms with van der Waals surface area (Å²) in [7, 11) is 0. The average Bonchev–Trinajstić information content (AvgIpc) is 2.28. The number of nitrogens with two attached hydrogens (primary N) is 1. The van der Waals surface area contributed by atoms with Crippen LogP contribution < -0.4 is 22.3 Å². The van der Waals surface area contributed by atoms with Crippen LogP contribution in [-0.4, -0.2) is 27.3 Å². The molecule has 0 saturated carbocycles. The normalized spacial score (nSPS) is 12.7. The second-order valence-corrected chi connectivity index (χ2v) is 4.44. The van der Waals surface area contributed by atoms with Crippen molar-refractivity contribution in [2.75, 3.05) is 17.7 Å². The van der Waals surface area contributed by atoms with Crippen LogP contribution in [0.4, 0.5) is 11.5 Å². The number of aromatic amines is 1. The molecule has 1 aromatic rings. The molecule has 5 N–H and O–H groups in total. The maximum atomic E-state index is 11.7. The Morgan fingerprint density at radius 1 is 1.44 bits per heavy atom. The zero-order chi connectivity index (χ0) is 13.9. The zero-order valence-electron chi connectivity index (χ0n) is 10.9. The highest BCUT2D eigenvalue weighted by atomic mass is 16.3. The van der Waals surface area contributed by atoms with Crippen molar-refractivity contribution in [3.8, 4) is 0 Å². The summed E-state index contributed by atoms with van der Waals surface area (Å²) >= 11 is 0. The van der Waals surface area contributed by atoms with E-state index in [1.807, 2.05) is 13.8 Å². The van der Waals surface area contributed by atoms with Crippen LogP contribution in [0.25, 0.3) is 0 Å². The summed E-state index contributed by atoms with van der Waals surface area (Å²) in [5.41, 5.74) is 4.83. The maximum absolute atomic E-state index is 11.7. The molecule has 1 aromatic heterocycles. The van der Waals surface area contributed by atoms with E-state index >= 15 is 0 Å². The standard InChI is InChI=1S/C11H20N4O3/c1-4-15-9(12)8(10(17)14-11(15)18)13-7(5-16)6(2)3/h6-7,13,16H,4-5,12H2,1-3H3,(H,14,17,18). The highest BCUT2D eigenvalue weighted by molar-refractivity contribution is 5.60. The molecular weight excluding hydrogens is 236 g/mol. The Morgan fingerprint density at radius 2 is 2.06 bits per heavy atom. The largest absolute Gasteiger partial charge is 0.394 e.